The van der Waals surface area contributed by atoms with Gasteiger partial charge in [-0.3, -0.25) is 0 Å². The van der Waals surface area contributed by atoms with E-state index in [0.29, 0.717) is 11.8 Å². The molecule has 118 valence electrons. The number of nitrogens with zero attached hydrogens (tertiary/aromatic N) is 3. The number of hydrogen-bond donors (Lipinski definition) is 1. The topological polar surface area (TPSA) is 63.8 Å². The smallest absolute Gasteiger partial charge is 0.230 e. The zero-order valence-corrected chi connectivity index (χ0v) is 13.4. The molecule has 4 rings (SSSR count). The number of benzene rings is 2. The van der Waals surface area contributed by atoms with E-state index in [1.165, 1.54) is 5.56 Å². The van der Waals surface area contributed by atoms with E-state index in [0.717, 1.165) is 27.9 Å². The zero-order chi connectivity index (χ0) is 16.5. The second-order valence-electron chi connectivity index (χ2n) is 5.73. The van der Waals surface area contributed by atoms with E-state index in [1.54, 1.807) is 12.4 Å². The summed E-state index contributed by atoms with van der Waals surface area (Å²) in [6.45, 7) is 4.11. The molecule has 2 heterocycles. The number of fused-ring (bicyclic) bond motifs is 1. The summed E-state index contributed by atoms with van der Waals surface area (Å²) in [4.78, 5) is 13.2. The molecule has 5 heteroatoms. The fourth-order valence-corrected chi connectivity index (χ4v) is 2.49. The number of anilines is 2. The highest BCUT2D eigenvalue weighted by Crippen LogP contribution is 2.24. The van der Waals surface area contributed by atoms with Crippen molar-refractivity contribution >= 4 is 22.7 Å². The van der Waals surface area contributed by atoms with E-state index in [2.05, 4.69) is 52.3 Å². The van der Waals surface area contributed by atoms with Crippen molar-refractivity contribution < 1.29 is 4.42 Å². The molecule has 0 aliphatic carbocycles. The first-order valence-electron chi connectivity index (χ1n) is 7.71. The Morgan fingerprint density at radius 1 is 0.958 bits per heavy atom. The highest BCUT2D eigenvalue weighted by molar-refractivity contribution is 5.75. The third-order valence-corrected chi connectivity index (χ3v) is 3.83. The summed E-state index contributed by atoms with van der Waals surface area (Å²) in [6.07, 6.45) is 3.43. The average Bonchev–Trinajstić information content (AvgIpc) is 3.03. The minimum Gasteiger partial charge on any atom is -0.436 e. The molecule has 0 bridgehead atoms. The SMILES string of the molecule is Cc1ccc(C)c(Nc2ncc(-c3nc4ccccc4o3)cn2)c1. The second-order valence-corrected chi connectivity index (χ2v) is 5.73. The van der Waals surface area contributed by atoms with Crippen LogP contribution >= 0.6 is 0 Å². The molecule has 0 aliphatic rings. The van der Waals surface area contributed by atoms with Crippen LogP contribution in [0.1, 0.15) is 11.1 Å². The van der Waals surface area contributed by atoms with Crippen LogP contribution in [-0.2, 0) is 0 Å². The summed E-state index contributed by atoms with van der Waals surface area (Å²) >= 11 is 0. The lowest BCUT2D eigenvalue weighted by Gasteiger charge is -2.08. The Morgan fingerprint density at radius 3 is 2.54 bits per heavy atom. The molecule has 0 fully saturated rings. The van der Waals surface area contributed by atoms with Crippen LogP contribution in [0.5, 0.6) is 0 Å². The van der Waals surface area contributed by atoms with Crippen molar-refractivity contribution in [2.45, 2.75) is 13.8 Å². The van der Waals surface area contributed by atoms with Crippen LogP contribution in [0.3, 0.4) is 0 Å². The molecule has 5 nitrogen and oxygen atoms in total. The minimum absolute atomic E-state index is 0.523. The van der Waals surface area contributed by atoms with Crippen LogP contribution in [-0.4, -0.2) is 15.0 Å². The Bertz CT molecular complexity index is 972. The monoisotopic (exact) mass is 316 g/mol. The van der Waals surface area contributed by atoms with E-state index in [9.17, 15) is 0 Å². The lowest BCUT2D eigenvalue weighted by atomic mass is 10.1. The average molecular weight is 316 g/mol. The summed E-state index contributed by atoms with van der Waals surface area (Å²) in [5, 5.41) is 3.25. The molecule has 0 saturated heterocycles. The second kappa shape index (κ2) is 5.77. The van der Waals surface area contributed by atoms with E-state index < -0.39 is 0 Å². The standard InChI is InChI=1S/C19H16N4O/c1-12-7-8-13(2)16(9-12)23-19-20-10-14(11-21-19)18-22-15-5-3-4-6-17(15)24-18/h3-11H,1-2H3,(H,20,21,23). The number of oxazole rings is 1. The molecule has 1 N–H and O–H groups in total. The Hall–Kier alpha value is -3.21. The summed E-state index contributed by atoms with van der Waals surface area (Å²) in [7, 11) is 0. The van der Waals surface area contributed by atoms with Gasteiger partial charge in [0.2, 0.25) is 11.8 Å². The molecular formula is C19H16N4O. The van der Waals surface area contributed by atoms with E-state index >= 15 is 0 Å². The van der Waals surface area contributed by atoms with Crippen LogP contribution in [0.2, 0.25) is 0 Å². The van der Waals surface area contributed by atoms with Gasteiger partial charge in [0.15, 0.2) is 5.58 Å². The van der Waals surface area contributed by atoms with Crippen molar-refractivity contribution in [3.05, 3.63) is 66.0 Å². The lowest BCUT2D eigenvalue weighted by Crippen LogP contribution is -1.99. The number of nitrogens with one attached hydrogen (secondary N) is 1. The van der Waals surface area contributed by atoms with Crippen molar-refractivity contribution in [3.63, 3.8) is 0 Å². The molecule has 0 atom stereocenters. The maximum atomic E-state index is 5.74. The van der Waals surface area contributed by atoms with Gasteiger partial charge < -0.3 is 9.73 Å². The van der Waals surface area contributed by atoms with Crippen LogP contribution in [0, 0.1) is 13.8 Å². The lowest BCUT2D eigenvalue weighted by molar-refractivity contribution is 0.619. The van der Waals surface area contributed by atoms with Gasteiger partial charge in [0.05, 0.1) is 5.56 Å². The number of aromatic nitrogens is 3. The number of hydrogen-bond acceptors (Lipinski definition) is 5. The summed E-state index contributed by atoms with van der Waals surface area (Å²) in [6, 6.07) is 13.9. The Morgan fingerprint density at radius 2 is 1.75 bits per heavy atom. The largest absolute Gasteiger partial charge is 0.436 e. The van der Waals surface area contributed by atoms with Crippen molar-refractivity contribution in [2.24, 2.45) is 0 Å². The maximum Gasteiger partial charge on any atom is 0.230 e. The molecule has 0 spiro atoms. The van der Waals surface area contributed by atoms with E-state index in [1.807, 2.05) is 24.3 Å². The van der Waals surface area contributed by atoms with Gasteiger partial charge in [0.25, 0.3) is 0 Å². The fraction of sp³-hybridized carbons (Fsp3) is 0.105. The Balaban J connectivity index is 1.61. The first-order valence-corrected chi connectivity index (χ1v) is 7.71. The van der Waals surface area contributed by atoms with Gasteiger partial charge in [0, 0.05) is 18.1 Å². The third-order valence-electron chi connectivity index (χ3n) is 3.83. The number of rotatable bonds is 3. The molecule has 2 aromatic carbocycles. The van der Waals surface area contributed by atoms with Crippen LogP contribution in [0.25, 0.3) is 22.6 Å². The van der Waals surface area contributed by atoms with E-state index in [-0.39, 0.29) is 0 Å². The zero-order valence-electron chi connectivity index (χ0n) is 13.4. The normalized spacial score (nSPS) is 10.9. The molecule has 0 aliphatic heterocycles. The van der Waals surface area contributed by atoms with Gasteiger partial charge in [-0.25, -0.2) is 15.0 Å². The van der Waals surface area contributed by atoms with Crippen LogP contribution < -0.4 is 5.32 Å². The molecule has 2 aromatic heterocycles. The molecule has 0 amide bonds. The van der Waals surface area contributed by atoms with Gasteiger partial charge in [0.1, 0.15) is 5.52 Å². The molecule has 0 radical (unpaired) electrons. The molecule has 0 saturated carbocycles. The quantitative estimate of drug-likeness (QED) is 0.596. The van der Waals surface area contributed by atoms with Gasteiger partial charge in [-0.05, 0) is 43.2 Å². The minimum atomic E-state index is 0.523. The van der Waals surface area contributed by atoms with Gasteiger partial charge >= 0.3 is 0 Å². The Labute approximate surface area is 139 Å². The van der Waals surface area contributed by atoms with Crippen molar-refractivity contribution in [1.82, 2.24) is 15.0 Å². The van der Waals surface area contributed by atoms with Crippen molar-refractivity contribution in [3.8, 4) is 11.5 Å². The van der Waals surface area contributed by atoms with Crippen LogP contribution in [0.15, 0.2) is 59.3 Å². The molecule has 0 unspecified atom stereocenters. The molecular weight excluding hydrogens is 300 g/mol. The predicted octanol–water partition coefficient (Wildman–Crippen LogP) is 4.65. The highest BCUT2D eigenvalue weighted by Gasteiger charge is 2.09. The Kier molecular flexibility index (Phi) is 3.46. The number of aryl methyl sites for hydroxylation is 2. The summed E-state index contributed by atoms with van der Waals surface area (Å²) in [5.41, 5.74) is 5.66. The van der Waals surface area contributed by atoms with Gasteiger partial charge in [-0.1, -0.05) is 24.3 Å². The number of para-hydroxylation sites is 2. The first kappa shape index (κ1) is 14.4. The first-order chi connectivity index (χ1) is 11.7. The third kappa shape index (κ3) is 2.72. The maximum absolute atomic E-state index is 5.74. The predicted molar refractivity (Wildman–Crippen MR) is 94.2 cm³/mol. The summed E-state index contributed by atoms with van der Waals surface area (Å²) < 4.78 is 5.74. The van der Waals surface area contributed by atoms with Gasteiger partial charge in [-0.2, -0.15) is 0 Å². The summed E-state index contributed by atoms with van der Waals surface area (Å²) in [5.74, 6) is 1.07. The fourth-order valence-electron chi connectivity index (χ4n) is 2.49. The molecule has 24 heavy (non-hydrogen) atoms. The van der Waals surface area contributed by atoms with Crippen LogP contribution in [0.4, 0.5) is 11.6 Å². The molecule has 4 aromatic rings. The van der Waals surface area contributed by atoms with Crippen molar-refractivity contribution in [2.75, 3.05) is 5.32 Å². The highest BCUT2D eigenvalue weighted by atomic mass is 16.3. The van der Waals surface area contributed by atoms with Crippen molar-refractivity contribution in [1.29, 1.82) is 0 Å². The van der Waals surface area contributed by atoms with Gasteiger partial charge in [-0.15, -0.1) is 0 Å². The van der Waals surface area contributed by atoms with E-state index in [4.69, 9.17) is 4.42 Å².